The molecule has 1 aromatic carbocycles. The van der Waals surface area contributed by atoms with Gasteiger partial charge in [0.15, 0.2) is 0 Å². The molecule has 3 nitrogen and oxygen atoms in total. The molecular weight excluding hydrogens is 384 g/mol. The highest BCUT2D eigenvalue weighted by atomic mass is 79.9. The Morgan fingerprint density at radius 1 is 1.20 bits per heavy atom. The zero-order chi connectivity index (χ0) is 13.9. The van der Waals surface area contributed by atoms with Crippen LogP contribution < -0.4 is 0 Å². The normalized spacial score (nSPS) is 16.9. The van der Waals surface area contributed by atoms with Crippen molar-refractivity contribution >= 4 is 42.8 Å². The summed E-state index contributed by atoms with van der Waals surface area (Å²) >= 11 is 7.18. The summed E-state index contributed by atoms with van der Waals surface area (Å²) in [7, 11) is 0. The standard InChI is InChI=1S/C15H18Br2N2O/c16-12-8-13-11(10-18-15(13)14(17)9-12)2-1-3-19-4-6-20-7-5-19/h8-10,18H,1-7H2. The molecule has 0 spiro atoms. The van der Waals surface area contributed by atoms with Gasteiger partial charge in [-0.2, -0.15) is 0 Å². The Kier molecular flexibility index (Phi) is 4.81. The van der Waals surface area contributed by atoms with E-state index < -0.39 is 0 Å². The number of halogens is 2. The minimum absolute atomic E-state index is 0.882. The van der Waals surface area contributed by atoms with Crippen molar-refractivity contribution in [2.75, 3.05) is 32.8 Å². The molecule has 1 saturated heterocycles. The molecule has 108 valence electrons. The van der Waals surface area contributed by atoms with Crippen LogP contribution in [0.25, 0.3) is 10.9 Å². The molecule has 20 heavy (non-hydrogen) atoms. The SMILES string of the molecule is Brc1cc(Br)c2[nH]cc(CCCN3CCOCC3)c2c1. The minimum atomic E-state index is 0.882. The van der Waals surface area contributed by atoms with E-state index in [0.29, 0.717) is 0 Å². The Morgan fingerprint density at radius 2 is 2.00 bits per heavy atom. The van der Waals surface area contributed by atoms with Gasteiger partial charge < -0.3 is 9.72 Å². The summed E-state index contributed by atoms with van der Waals surface area (Å²) < 4.78 is 7.61. The van der Waals surface area contributed by atoms with Gasteiger partial charge in [-0.3, -0.25) is 4.90 Å². The van der Waals surface area contributed by atoms with E-state index in [1.165, 1.54) is 22.9 Å². The summed E-state index contributed by atoms with van der Waals surface area (Å²) in [6.07, 6.45) is 4.44. The molecule has 1 fully saturated rings. The number of ether oxygens (including phenoxy) is 1. The molecule has 1 aliphatic heterocycles. The van der Waals surface area contributed by atoms with Crippen molar-refractivity contribution in [2.45, 2.75) is 12.8 Å². The first-order chi connectivity index (χ1) is 9.74. The Bertz CT molecular complexity index is 591. The number of H-pyrrole nitrogens is 1. The van der Waals surface area contributed by atoms with E-state index in [-0.39, 0.29) is 0 Å². The lowest BCUT2D eigenvalue weighted by atomic mass is 10.1. The Hall–Kier alpha value is -0.360. The van der Waals surface area contributed by atoms with Crippen LogP contribution in [0.3, 0.4) is 0 Å². The molecule has 0 bridgehead atoms. The van der Waals surface area contributed by atoms with Crippen LogP contribution in [0.4, 0.5) is 0 Å². The first kappa shape index (κ1) is 14.6. The topological polar surface area (TPSA) is 28.3 Å². The summed E-state index contributed by atoms with van der Waals surface area (Å²) in [6.45, 7) is 5.07. The second-order valence-corrected chi connectivity index (χ2v) is 6.95. The fourth-order valence-corrected chi connectivity index (χ4v) is 4.08. The minimum Gasteiger partial charge on any atom is -0.379 e. The summed E-state index contributed by atoms with van der Waals surface area (Å²) in [4.78, 5) is 5.86. The lowest BCUT2D eigenvalue weighted by Gasteiger charge is -2.26. The lowest BCUT2D eigenvalue weighted by molar-refractivity contribution is 0.0375. The zero-order valence-corrected chi connectivity index (χ0v) is 14.5. The van der Waals surface area contributed by atoms with Gasteiger partial charge >= 0.3 is 0 Å². The molecule has 0 aliphatic carbocycles. The third-order valence-electron chi connectivity index (χ3n) is 3.82. The molecular formula is C15H18Br2N2O. The van der Waals surface area contributed by atoms with E-state index in [9.17, 15) is 0 Å². The van der Waals surface area contributed by atoms with E-state index in [4.69, 9.17) is 4.74 Å². The highest BCUT2D eigenvalue weighted by Crippen LogP contribution is 2.30. The van der Waals surface area contributed by atoms with Crippen molar-refractivity contribution in [3.8, 4) is 0 Å². The number of hydrogen-bond donors (Lipinski definition) is 1. The Morgan fingerprint density at radius 3 is 2.80 bits per heavy atom. The molecule has 3 rings (SSSR count). The third kappa shape index (κ3) is 3.27. The molecule has 0 amide bonds. The molecule has 1 N–H and O–H groups in total. The first-order valence-electron chi connectivity index (χ1n) is 6.99. The average Bonchev–Trinajstić information content (AvgIpc) is 2.83. The van der Waals surface area contributed by atoms with E-state index in [2.05, 4.69) is 60.1 Å². The maximum absolute atomic E-state index is 5.38. The average molecular weight is 402 g/mol. The Balaban J connectivity index is 1.65. The van der Waals surface area contributed by atoms with Gasteiger partial charge in [0.1, 0.15) is 0 Å². The number of aromatic amines is 1. The number of rotatable bonds is 4. The molecule has 1 aromatic heterocycles. The largest absolute Gasteiger partial charge is 0.379 e. The summed E-state index contributed by atoms with van der Waals surface area (Å²) in [5.41, 5.74) is 2.59. The molecule has 0 saturated carbocycles. The van der Waals surface area contributed by atoms with Gasteiger partial charge in [-0.05, 0) is 53.0 Å². The van der Waals surface area contributed by atoms with Crippen LogP contribution in [0.5, 0.6) is 0 Å². The van der Waals surface area contributed by atoms with Gasteiger partial charge in [0.2, 0.25) is 0 Å². The second-order valence-electron chi connectivity index (χ2n) is 5.18. The molecule has 1 aliphatic rings. The highest BCUT2D eigenvalue weighted by molar-refractivity contribution is 9.11. The van der Waals surface area contributed by atoms with Gasteiger partial charge in [0.05, 0.1) is 18.7 Å². The van der Waals surface area contributed by atoms with E-state index in [1.54, 1.807) is 0 Å². The van der Waals surface area contributed by atoms with Gasteiger partial charge in [-0.25, -0.2) is 0 Å². The molecule has 0 atom stereocenters. The number of aromatic nitrogens is 1. The number of nitrogens with zero attached hydrogens (tertiary/aromatic N) is 1. The number of nitrogens with one attached hydrogen (secondary N) is 1. The maximum Gasteiger partial charge on any atom is 0.0601 e. The summed E-state index contributed by atoms with van der Waals surface area (Å²) in [5.74, 6) is 0. The molecule has 0 unspecified atom stereocenters. The first-order valence-corrected chi connectivity index (χ1v) is 8.58. The van der Waals surface area contributed by atoms with Crippen molar-refractivity contribution in [3.63, 3.8) is 0 Å². The van der Waals surface area contributed by atoms with Crippen LogP contribution >= 0.6 is 31.9 Å². The van der Waals surface area contributed by atoms with Gasteiger partial charge in [0, 0.05) is 33.6 Å². The number of fused-ring (bicyclic) bond motifs is 1. The third-order valence-corrected chi connectivity index (χ3v) is 4.90. The number of morpholine rings is 1. The fraction of sp³-hybridized carbons (Fsp3) is 0.467. The van der Waals surface area contributed by atoms with Crippen molar-refractivity contribution in [2.24, 2.45) is 0 Å². The fourth-order valence-electron chi connectivity index (χ4n) is 2.74. The van der Waals surface area contributed by atoms with Crippen LogP contribution in [-0.4, -0.2) is 42.7 Å². The monoisotopic (exact) mass is 400 g/mol. The zero-order valence-electron chi connectivity index (χ0n) is 11.3. The summed E-state index contributed by atoms with van der Waals surface area (Å²) in [5, 5.41) is 1.31. The van der Waals surface area contributed by atoms with Crippen molar-refractivity contribution in [1.82, 2.24) is 9.88 Å². The van der Waals surface area contributed by atoms with Crippen molar-refractivity contribution < 1.29 is 4.74 Å². The van der Waals surface area contributed by atoms with E-state index >= 15 is 0 Å². The predicted molar refractivity (Wildman–Crippen MR) is 89.3 cm³/mol. The quantitative estimate of drug-likeness (QED) is 0.839. The predicted octanol–water partition coefficient (Wildman–Crippen LogP) is 3.96. The maximum atomic E-state index is 5.38. The number of aryl methyl sites for hydroxylation is 1. The van der Waals surface area contributed by atoms with Crippen LogP contribution in [0, 0.1) is 0 Å². The van der Waals surface area contributed by atoms with Crippen LogP contribution in [0.15, 0.2) is 27.3 Å². The smallest absolute Gasteiger partial charge is 0.0601 e. The van der Waals surface area contributed by atoms with Crippen LogP contribution in [0.1, 0.15) is 12.0 Å². The molecule has 0 radical (unpaired) electrons. The van der Waals surface area contributed by atoms with Gasteiger partial charge in [-0.1, -0.05) is 15.9 Å². The lowest BCUT2D eigenvalue weighted by Crippen LogP contribution is -2.36. The van der Waals surface area contributed by atoms with Crippen LogP contribution in [-0.2, 0) is 11.2 Å². The summed E-state index contributed by atoms with van der Waals surface area (Å²) in [6, 6.07) is 4.27. The second kappa shape index (κ2) is 6.60. The van der Waals surface area contributed by atoms with Crippen molar-refractivity contribution in [1.29, 1.82) is 0 Å². The number of benzene rings is 1. The van der Waals surface area contributed by atoms with Crippen LogP contribution in [0.2, 0.25) is 0 Å². The van der Waals surface area contributed by atoms with Gasteiger partial charge in [-0.15, -0.1) is 0 Å². The molecule has 2 heterocycles. The highest BCUT2D eigenvalue weighted by Gasteiger charge is 2.11. The van der Waals surface area contributed by atoms with Gasteiger partial charge in [0.25, 0.3) is 0 Å². The molecule has 2 aromatic rings. The molecule has 5 heteroatoms. The van der Waals surface area contributed by atoms with E-state index in [0.717, 1.165) is 48.2 Å². The Labute approximate surface area is 135 Å². The van der Waals surface area contributed by atoms with Crippen molar-refractivity contribution in [3.05, 3.63) is 32.8 Å². The number of hydrogen-bond acceptors (Lipinski definition) is 2. The van der Waals surface area contributed by atoms with E-state index in [1.807, 2.05) is 0 Å².